The molecule has 1 aromatic heterocycles. The quantitative estimate of drug-likeness (QED) is 0.0495. The van der Waals surface area contributed by atoms with Crippen LogP contribution in [0.2, 0.25) is 0 Å². The molecular formula is C59H76N6O10S. The zero-order valence-corrected chi connectivity index (χ0v) is 45.7. The van der Waals surface area contributed by atoms with Crippen molar-refractivity contribution in [3.63, 3.8) is 0 Å². The van der Waals surface area contributed by atoms with Gasteiger partial charge in [-0.15, -0.1) is 11.3 Å². The fourth-order valence-corrected chi connectivity index (χ4v) is 11.9. The number of unbranched alkanes of at least 4 members (excludes halogenated alkanes) is 1. The number of likely N-dealkylation sites (tertiary alicyclic amines) is 1. The molecule has 4 aliphatic rings. The minimum absolute atomic E-state index is 0.0479. The summed E-state index contributed by atoms with van der Waals surface area (Å²) in [5.41, 5.74) is 20.8. The number of amides is 4. The number of nitrogens with zero attached hydrogens (tertiary/aromatic N) is 3. The molecule has 4 amide bonds. The highest BCUT2D eigenvalue weighted by Gasteiger charge is 2.50. The third-order valence-electron chi connectivity index (χ3n) is 15.6. The van der Waals surface area contributed by atoms with Gasteiger partial charge in [0.2, 0.25) is 23.6 Å². The first-order valence-electron chi connectivity index (χ1n) is 26.8. The maximum atomic E-state index is 14.3. The van der Waals surface area contributed by atoms with Gasteiger partial charge in [-0.3, -0.25) is 38.5 Å². The molecule has 1 aliphatic carbocycles. The summed E-state index contributed by atoms with van der Waals surface area (Å²) < 4.78 is 6.33. The summed E-state index contributed by atoms with van der Waals surface area (Å²) in [5.74, 6) is -2.54. The van der Waals surface area contributed by atoms with E-state index < -0.39 is 47.6 Å². The zero-order chi connectivity index (χ0) is 55.1. The molecule has 3 aromatic carbocycles. The number of aliphatic hydroxyl groups is 1. The van der Waals surface area contributed by atoms with E-state index in [9.17, 15) is 33.9 Å². The van der Waals surface area contributed by atoms with Crippen molar-refractivity contribution in [3.05, 3.63) is 106 Å². The van der Waals surface area contributed by atoms with E-state index in [4.69, 9.17) is 26.1 Å². The summed E-state index contributed by atoms with van der Waals surface area (Å²) in [7, 11) is 0. The van der Waals surface area contributed by atoms with Gasteiger partial charge >= 0.3 is 0 Å². The number of nitrogens with one attached hydrogen (secondary N) is 1. The number of carboxylic acid groups (broad SMARTS) is 1. The number of thiazole rings is 1. The Morgan fingerprint density at radius 2 is 1.61 bits per heavy atom. The third-order valence-corrected chi connectivity index (χ3v) is 16.6. The monoisotopic (exact) mass is 1060 g/mol. The molecule has 17 heteroatoms. The van der Waals surface area contributed by atoms with Gasteiger partial charge in [0.15, 0.2) is 11.6 Å². The highest BCUT2D eigenvalue weighted by atomic mass is 32.1. The number of Topliss-reactive ketones (excluding diaryl/α,β-unsaturated/α-hetero) is 2. The van der Waals surface area contributed by atoms with Crippen LogP contribution in [0, 0.1) is 18.3 Å². The molecule has 16 nitrogen and oxygen atoms in total. The number of primary amides is 1. The van der Waals surface area contributed by atoms with E-state index in [1.165, 1.54) is 4.90 Å². The molecule has 76 heavy (non-hydrogen) atoms. The number of nitrogens with two attached hydrogens (primary N) is 2. The number of ketones is 2. The topological polar surface area (TPSA) is 253 Å². The van der Waals surface area contributed by atoms with Crippen molar-refractivity contribution in [2.45, 2.75) is 180 Å². The highest BCUT2D eigenvalue weighted by molar-refractivity contribution is 7.13. The first kappa shape index (κ1) is 57.6. The molecule has 7 N–H and O–H groups in total. The molecule has 0 unspecified atom stereocenters. The van der Waals surface area contributed by atoms with Gasteiger partial charge in [-0.1, -0.05) is 87.5 Å². The summed E-state index contributed by atoms with van der Waals surface area (Å²) in [4.78, 5) is 98.9. The lowest BCUT2D eigenvalue weighted by Crippen LogP contribution is -2.56. The minimum atomic E-state index is -0.877. The third kappa shape index (κ3) is 14.3. The Morgan fingerprint density at radius 1 is 0.934 bits per heavy atom. The number of aromatic nitrogens is 1. The van der Waals surface area contributed by atoms with Crippen LogP contribution in [0.25, 0.3) is 10.4 Å². The van der Waals surface area contributed by atoms with Crippen molar-refractivity contribution in [2.24, 2.45) is 22.8 Å². The molecule has 2 fully saturated rings. The van der Waals surface area contributed by atoms with Gasteiger partial charge in [-0.2, -0.15) is 0 Å². The second kappa shape index (κ2) is 24.9. The Kier molecular flexibility index (Phi) is 18.9. The van der Waals surface area contributed by atoms with Crippen LogP contribution in [0.15, 0.2) is 72.2 Å². The molecule has 1 saturated heterocycles. The van der Waals surface area contributed by atoms with Gasteiger partial charge in [0.05, 0.1) is 58.7 Å². The second-order valence-corrected chi connectivity index (χ2v) is 23.4. The predicted molar refractivity (Wildman–Crippen MR) is 291 cm³/mol. The van der Waals surface area contributed by atoms with Crippen LogP contribution in [0.4, 0.5) is 5.69 Å². The average molecular weight is 1060 g/mol. The van der Waals surface area contributed by atoms with Gasteiger partial charge in [0.25, 0.3) is 5.97 Å². The predicted octanol–water partition coefficient (Wildman–Crippen LogP) is 7.08. The summed E-state index contributed by atoms with van der Waals surface area (Å²) in [5, 5.41) is 21.2. The molecular weight excluding hydrogens is 985 g/mol. The molecule has 4 heterocycles. The van der Waals surface area contributed by atoms with E-state index in [1.54, 1.807) is 16.2 Å². The average Bonchev–Trinajstić information content (AvgIpc) is 3.65. The summed E-state index contributed by atoms with van der Waals surface area (Å²) in [6.07, 6.45) is 5.61. The number of aryl methyl sites for hydroxylation is 3. The smallest absolute Gasteiger partial charge is 0.300 e. The lowest BCUT2D eigenvalue weighted by atomic mass is 9.84. The number of aliphatic carboxylic acids is 1. The van der Waals surface area contributed by atoms with Gasteiger partial charge in [0.1, 0.15) is 6.04 Å². The van der Waals surface area contributed by atoms with Gasteiger partial charge < -0.3 is 36.6 Å². The van der Waals surface area contributed by atoms with E-state index in [2.05, 4.69) is 34.6 Å². The molecule has 0 radical (unpaired) electrons. The second-order valence-electron chi connectivity index (χ2n) is 22.5. The molecule has 7 atom stereocenters. The first-order chi connectivity index (χ1) is 36.0. The van der Waals surface area contributed by atoms with E-state index in [0.29, 0.717) is 38.7 Å². The Balaban J connectivity index is 0.00000203. The Hall–Kier alpha value is -6.14. The number of β-amino-alcohol motifs (C(OH)–C–C–N with tert-alkyl or cyclic N) is 1. The lowest BCUT2D eigenvalue weighted by Gasteiger charge is -2.35. The first-order valence-corrected chi connectivity index (χ1v) is 27.6. The Morgan fingerprint density at radius 3 is 2.24 bits per heavy atom. The van der Waals surface area contributed by atoms with E-state index in [0.717, 1.165) is 82.2 Å². The number of ether oxygens (including phenoxy) is 1. The van der Waals surface area contributed by atoms with E-state index in [-0.39, 0.29) is 85.4 Å². The number of carbonyl (C=O) groups is 7. The number of benzene rings is 3. The summed E-state index contributed by atoms with van der Waals surface area (Å²) in [6.45, 7) is 11.0. The lowest BCUT2D eigenvalue weighted by molar-refractivity contribution is -0.143. The molecule has 8 rings (SSSR count). The normalized spacial score (nSPS) is 20.6. The Labute approximate surface area is 450 Å². The Bertz CT molecular complexity index is 2740. The van der Waals surface area contributed by atoms with Crippen molar-refractivity contribution >= 4 is 58.2 Å². The van der Waals surface area contributed by atoms with Crippen molar-refractivity contribution in [3.8, 4) is 10.4 Å². The van der Waals surface area contributed by atoms with Crippen LogP contribution in [-0.4, -0.2) is 104 Å². The number of aliphatic hydroxyl groups excluding tert-OH is 1. The number of carbonyl (C=O) groups excluding carboxylic acids is 6. The molecule has 1 saturated carbocycles. The van der Waals surface area contributed by atoms with Crippen LogP contribution in [0.5, 0.6) is 0 Å². The summed E-state index contributed by atoms with van der Waals surface area (Å²) in [6, 6.07) is 19.4. The van der Waals surface area contributed by atoms with Gasteiger partial charge in [0, 0.05) is 57.4 Å². The van der Waals surface area contributed by atoms with E-state index in [1.807, 2.05) is 82.6 Å². The number of hydrogen-bond acceptors (Lipinski definition) is 12. The molecule has 3 aliphatic heterocycles. The molecule has 0 spiro atoms. The number of carboxylic acids is 1. The minimum Gasteiger partial charge on any atom is -0.481 e. The number of hydrogen-bond donors (Lipinski definition) is 5. The fourth-order valence-electron chi connectivity index (χ4n) is 11.1. The van der Waals surface area contributed by atoms with Gasteiger partial charge in [-0.05, 0) is 110 Å². The summed E-state index contributed by atoms with van der Waals surface area (Å²) >= 11 is 1.60. The molecule has 4 aromatic rings. The van der Waals surface area contributed by atoms with Gasteiger partial charge in [-0.25, -0.2) is 4.98 Å². The fraction of sp³-hybridized carbons (Fsp3) is 0.525. The zero-order valence-electron chi connectivity index (χ0n) is 44.8. The SMILES string of the molecule is CC(=O)O.Cc1ncsc1-c1ccc(C2(CC(=O)[C@@H]3C[C@@H](O)CN3C(=O)[C@@H](NC(=O)CCCCc3ccc(CO[C@H](C)[C@H](CCC(N)=O)CC(=O)[C@@H]4Cc5cccc6c5N4C(=O)[C@@H](N)CC6)cc3)C(C)(C)C)CC2)cc1. The van der Waals surface area contributed by atoms with Crippen molar-refractivity contribution in [1.29, 1.82) is 0 Å². The largest absolute Gasteiger partial charge is 0.481 e. The maximum Gasteiger partial charge on any atom is 0.300 e. The number of rotatable bonds is 22. The van der Waals surface area contributed by atoms with Crippen LogP contribution < -0.4 is 21.7 Å². The van der Waals surface area contributed by atoms with E-state index >= 15 is 0 Å². The van der Waals surface area contributed by atoms with Crippen LogP contribution in [-0.2, 0) is 69.6 Å². The van der Waals surface area contributed by atoms with Crippen LogP contribution in [0.1, 0.15) is 139 Å². The number of anilines is 1. The van der Waals surface area contributed by atoms with Crippen LogP contribution in [0.3, 0.4) is 0 Å². The van der Waals surface area contributed by atoms with Crippen LogP contribution >= 0.6 is 11.3 Å². The van der Waals surface area contributed by atoms with Crippen molar-refractivity contribution < 1.29 is 48.5 Å². The standard InChI is InChI=1S/C57H72N6O8S.C2H4O2/c1-34-52(72-33-60-34)39-17-21-42(22-18-39)57(25-26-57)30-48(66)45-29-43(64)31-62(45)55(70)53(56(3,4)5)61-50(68)12-7-6-9-36-13-15-37(16-14-36)32-71-35(2)40(20-24-49(59)67)28-47(65)46-27-41-11-8-10-38-19-23-44(58)54(69)63(46)51(38)41;1-2(3)4/h8,10-11,13-18,21-22,33,35,40,43-46,53,64H,6-7,9,12,19-20,23-32,58H2,1-5H3,(H2,59,67)(H,61,68);1H3,(H,3,4)/t35-,40-,43-,44+,45+,46+,53-;/m1./s1. The van der Waals surface area contributed by atoms with Crippen molar-refractivity contribution in [1.82, 2.24) is 15.2 Å². The van der Waals surface area contributed by atoms with Crippen molar-refractivity contribution in [2.75, 3.05) is 11.4 Å². The highest BCUT2D eigenvalue weighted by Crippen LogP contribution is 2.52. The maximum absolute atomic E-state index is 14.3. The molecule has 0 bridgehead atoms. The molecule has 408 valence electrons. The number of para-hydroxylation sites is 1.